The number of hydrogen-bond acceptors (Lipinski definition) is 2. The Bertz CT molecular complexity index is 264. The minimum atomic E-state index is 0.534. The van der Waals surface area contributed by atoms with E-state index in [2.05, 4.69) is 15.9 Å². The van der Waals surface area contributed by atoms with E-state index in [0.717, 1.165) is 10.0 Å². The van der Waals surface area contributed by atoms with Gasteiger partial charge in [-0.1, -0.05) is 28.1 Å². The summed E-state index contributed by atoms with van der Waals surface area (Å²) < 4.78 is 11.7. The number of rotatable bonds is 7. The van der Waals surface area contributed by atoms with Crippen molar-refractivity contribution in [2.24, 2.45) is 0 Å². The molecule has 0 amide bonds. The van der Waals surface area contributed by atoms with Gasteiger partial charge in [-0.15, -0.1) is 11.6 Å². The first-order valence-electron chi connectivity index (χ1n) is 4.79. The molecule has 4 heteroatoms. The third-order valence-corrected chi connectivity index (χ3v) is 2.46. The quantitative estimate of drug-likeness (QED) is 0.568. The maximum absolute atomic E-state index is 5.45. The summed E-state index contributed by atoms with van der Waals surface area (Å²) in [7, 11) is 0. The SMILES string of the molecule is ClCCOCCOCc1ccc(Br)cc1. The molecule has 2 nitrogen and oxygen atoms in total. The van der Waals surface area contributed by atoms with E-state index in [4.69, 9.17) is 21.1 Å². The molecule has 15 heavy (non-hydrogen) atoms. The van der Waals surface area contributed by atoms with E-state index in [1.54, 1.807) is 0 Å². The van der Waals surface area contributed by atoms with Crippen molar-refractivity contribution in [3.8, 4) is 0 Å². The van der Waals surface area contributed by atoms with Gasteiger partial charge in [-0.2, -0.15) is 0 Å². The molecule has 0 saturated heterocycles. The molecule has 1 aromatic rings. The summed E-state index contributed by atoms with van der Waals surface area (Å²) in [4.78, 5) is 0. The van der Waals surface area contributed by atoms with Gasteiger partial charge >= 0.3 is 0 Å². The van der Waals surface area contributed by atoms with E-state index in [-0.39, 0.29) is 0 Å². The predicted octanol–water partition coefficient (Wildman–Crippen LogP) is 3.22. The number of hydrogen-bond donors (Lipinski definition) is 0. The lowest BCUT2D eigenvalue weighted by atomic mass is 10.2. The Morgan fingerprint density at radius 2 is 1.67 bits per heavy atom. The lowest BCUT2D eigenvalue weighted by Gasteiger charge is -2.04. The van der Waals surface area contributed by atoms with Gasteiger partial charge in [0.2, 0.25) is 0 Å². The van der Waals surface area contributed by atoms with Crippen molar-refractivity contribution in [1.29, 1.82) is 0 Å². The summed E-state index contributed by atoms with van der Waals surface area (Å²) in [6.07, 6.45) is 0. The highest BCUT2D eigenvalue weighted by Crippen LogP contribution is 2.10. The molecule has 0 spiro atoms. The van der Waals surface area contributed by atoms with Gasteiger partial charge in [0, 0.05) is 10.4 Å². The first-order chi connectivity index (χ1) is 7.33. The number of halogens is 2. The predicted molar refractivity (Wildman–Crippen MR) is 65.3 cm³/mol. The summed E-state index contributed by atoms with van der Waals surface area (Å²) >= 11 is 8.84. The zero-order valence-electron chi connectivity index (χ0n) is 8.42. The van der Waals surface area contributed by atoms with Crippen LogP contribution < -0.4 is 0 Å². The summed E-state index contributed by atoms with van der Waals surface area (Å²) in [6.45, 7) is 2.41. The Morgan fingerprint density at radius 1 is 1.00 bits per heavy atom. The Balaban J connectivity index is 2.07. The molecule has 0 radical (unpaired) electrons. The normalized spacial score (nSPS) is 10.5. The van der Waals surface area contributed by atoms with E-state index in [0.29, 0.717) is 32.3 Å². The highest BCUT2D eigenvalue weighted by atomic mass is 79.9. The zero-order chi connectivity index (χ0) is 10.9. The van der Waals surface area contributed by atoms with Crippen LogP contribution in [0.5, 0.6) is 0 Å². The van der Waals surface area contributed by atoms with Crippen molar-refractivity contribution in [2.75, 3.05) is 25.7 Å². The van der Waals surface area contributed by atoms with Crippen molar-refractivity contribution >= 4 is 27.5 Å². The van der Waals surface area contributed by atoms with Gasteiger partial charge in [0.05, 0.1) is 26.4 Å². The van der Waals surface area contributed by atoms with Gasteiger partial charge in [-0.3, -0.25) is 0 Å². The third kappa shape index (κ3) is 6.15. The molecule has 0 atom stereocenters. The van der Waals surface area contributed by atoms with E-state index >= 15 is 0 Å². The van der Waals surface area contributed by atoms with Crippen molar-refractivity contribution in [2.45, 2.75) is 6.61 Å². The second kappa shape index (κ2) is 8.11. The molecule has 0 bridgehead atoms. The molecule has 0 saturated carbocycles. The second-order valence-electron chi connectivity index (χ2n) is 2.98. The number of benzene rings is 1. The van der Waals surface area contributed by atoms with Gasteiger partial charge in [-0.05, 0) is 17.7 Å². The summed E-state index contributed by atoms with van der Waals surface area (Å²) in [6, 6.07) is 8.07. The van der Waals surface area contributed by atoms with Crippen molar-refractivity contribution in [3.05, 3.63) is 34.3 Å². The van der Waals surface area contributed by atoms with Crippen LogP contribution in [0.25, 0.3) is 0 Å². The summed E-state index contributed by atoms with van der Waals surface area (Å²) in [5.74, 6) is 0.534. The maximum Gasteiger partial charge on any atom is 0.0718 e. The smallest absolute Gasteiger partial charge is 0.0718 e. The first kappa shape index (κ1) is 13.0. The lowest BCUT2D eigenvalue weighted by Crippen LogP contribution is -2.05. The van der Waals surface area contributed by atoms with Crippen LogP contribution in [0.3, 0.4) is 0 Å². The largest absolute Gasteiger partial charge is 0.378 e. The van der Waals surface area contributed by atoms with E-state index < -0.39 is 0 Å². The molecule has 0 aliphatic carbocycles. The molecule has 0 aliphatic heterocycles. The van der Waals surface area contributed by atoms with Gasteiger partial charge < -0.3 is 9.47 Å². The molecular formula is C11H14BrClO2. The van der Waals surface area contributed by atoms with Crippen molar-refractivity contribution in [3.63, 3.8) is 0 Å². The molecule has 0 N–H and O–H groups in total. The fourth-order valence-corrected chi connectivity index (χ4v) is 1.42. The van der Waals surface area contributed by atoms with Crippen LogP contribution in [0.4, 0.5) is 0 Å². The zero-order valence-corrected chi connectivity index (χ0v) is 10.8. The third-order valence-electron chi connectivity index (χ3n) is 1.78. The standard InChI is InChI=1S/C11H14BrClO2/c12-11-3-1-10(2-4-11)9-15-8-7-14-6-5-13/h1-4H,5-9H2. The molecule has 0 fully saturated rings. The highest BCUT2D eigenvalue weighted by Gasteiger charge is 1.93. The van der Waals surface area contributed by atoms with Crippen molar-refractivity contribution in [1.82, 2.24) is 0 Å². The van der Waals surface area contributed by atoms with E-state index in [1.807, 2.05) is 24.3 Å². The van der Waals surface area contributed by atoms with Crippen molar-refractivity contribution < 1.29 is 9.47 Å². The summed E-state index contributed by atoms with van der Waals surface area (Å²) in [5.41, 5.74) is 1.16. The maximum atomic E-state index is 5.45. The summed E-state index contributed by atoms with van der Waals surface area (Å²) in [5, 5.41) is 0. The molecule has 1 rings (SSSR count). The molecule has 84 valence electrons. The highest BCUT2D eigenvalue weighted by molar-refractivity contribution is 9.10. The average molecular weight is 294 g/mol. The Kier molecular flexibility index (Phi) is 7.01. The van der Waals surface area contributed by atoms with Crippen LogP contribution in [0.15, 0.2) is 28.7 Å². The van der Waals surface area contributed by atoms with E-state index in [1.165, 1.54) is 0 Å². The van der Waals surface area contributed by atoms with E-state index in [9.17, 15) is 0 Å². The first-order valence-corrected chi connectivity index (χ1v) is 6.11. The van der Waals surface area contributed by atoms with Gasteiger partial charge in [0.1, 0.15) is 0 Å². The van der Waals surface area contributed by atoms with Crippen LogP contribution in [0.2, 0.25) is 0 Å². The average Bonchev–Trinajstić information content (AvgIpc) is 2.26. The molecule has 0 aliphatic rings. The molecule has 1 aromatic carbocycles. The Hall–Kier alpha value is -0.0900. The van der Waals surface area contributed by atoms with Gasteiger partial charge in [0.25, 0.3) is 0 Å². The molecule has 0 heterocycles. The Morgan fingerprint density at radius 3 is 2.33 bits per heavy atom. The van der Waals surface area contributed by atoms with Crippen LogP contribution >= 0.6 is 27.5 Å². The van der Waals surface area contributed by atoms with Crippen LogP contribution in [0.1, 0.15) is 5.56 Å². The fraction of sp³-hybridized carbons (Fsp3) is 0.455. The number of alkyl halides is 1. The Labute approximate surface area is 104 Å². The molecular weight excluding hydrogens is 279 g/mol. The minimum absolute atomic E-state index is 0.534. The van der Waals surface area contributed by atoms with Crippen LogP contribution in [-0.4, -0.2) is 25.7 Å². The minimum Gasteiger partial charge on any atom is -0.378 e. The fourth-order valence-electron chi connectivity index (χ4n) is 1.05. The van der Waals surface area contributed by atoms with Crippen LogP contribution in [-0.2, 0) is 16.1 Å². The topological polar surface area (TPSA) is 18.5 Å². The van der Waals surface area contributed by atoms with Crippen LogP contribution in [0, 0.1) is 0 Å². The monoisotopic (exact) mass is 292 g/mol. The number of ether oxygens (including phenoxy) is 2. The molecule has 0 unspecified atom stereocenters. The van der Waals surface area contributed by atoms with Gasteiger partial charge in [-0.25, -0.2) is 0 Å². The second-order valence-corrected chi connectivity index (χ2v) is 4.27. The van der Waals surface area contributed by atoms with Gasteiger partial charge in [0.15, 0.2) is 0 Å². The lowest BCUT2D eigenvalue weighted by molar-refractivity contribution is 0.0459. The molecule has 0 aromatic heterocycles.